The summed E-state index contributed by atoms with van der Waals surface area (Å²) in [6.07, 6.45) is 4.09. The third-order valence-electron chi connectivity index (χ3n) is 6.77. The van der Waals surface area contributed by atoms with Gasteiger partial charge >= 0.3 is 0 Å². The van der Waals surface area contributed by atoms with Crippen LogP contribution in [0.4, 0.5) is 0 Å². The molecule has 0 aliphatic rings. The highest BCUT2D eigenvalue weighted by molar-refractivity contribution is 6.02. The molecule has 0 nitrogen and oxygen atoms in total. The molecule has 0 fully saturated rings. The first kappa shape index (κ1) is 20.5. The minimum atomic E-state index is 0.958. The molecule has 32 heavy (non-hydrogen) atoms. The van der Waals surface area contributed by atoms with Gasteiger partial charge in [-0.1, -0.05) is 98.8 Å². The molecular weight excluding hydrogens is 384 g/mol. The van der Waals surface area contributed by atoms with Crippen LogP contribution in [0.25, 0.3) is 21.5 Å². The quantitative estimate of drug-likeness (QED) is 0.245. The second-order valence-corrected chi connectivity index (χ2v) is 8.73. The molecule has 0 unspecified atom stereocenters. The van der Waals surface area contributed by atoms with E-state index >= 15 is 0 Å². The number of hydrogen-bond acceptors (Lipinski definition) is 0. The number of hydrogen-bond donors (Lipinski definition) is 0. The summed E-state index contributed by atoms with van der Waals surface area (Å²) in [7, 11) is 0. The van der Waals surface area contributed by atoms with Crippen molar-refractivity contribution in [3.63, 3.8) is 0 Å². The lowest BCUT2D eigenvalue weighted by atomic mass is 9.88. The summed E-state index contributed by atoms with van der Waals surface area (Å²) >= 11 is 0. The zero-order chi connectivity index (χ0) is 21.9. The molecule has 0 aromatic heterocycles. The molecule has 0 radical (unpaired) electrons. The minimum absolute atomic E-state index is 0.958. The molecule has 5 rings (SSSR count). The molecule has 0 aliphatic heterocycles. The molecule has 0 spiro atoms. The van der Waals surface area contributed by atoms with Crippen molar-refractivity contribution >= 4 is 21.5 Å². The van der Waals surface area contributed by atoms with Gasteiger partial charge in [0.05, 0.1) is 0 Å². The minimum Gasteiger partial charge on any atom is -0.0622 e. The zero-order valence-corrected chi connectivity index (χ0v) is 19.1. The van der Waals surface area contributed by atoms with Crippen LogP contribution in [0.15, 0.2) is 97.1 Å². The van der Waals surface area contributed by atoms with Crippen LogP contribution < -0.4 is 0 Å². The topological polar surface area (TPSA) is 0 Å². The number of aryl methyl sites for hydroxylation is 2. The van der Waals surface area contributed by atoms with Crippen LogP contribution in [-0.4, -0.2) is 0 Å². The summed E-state index contributed by atoms with van der Waals surface area (Å²) in [5, 5.41) is 5.52. The lowest BCUT2D eigenvalue weighted by Gasteiger charge is -2.17. The Morgan fingerprint density at radius 2 is 1.00 bits per heavy atom. The van der Waals surface area contributed by atoms with Crippen molar-refractivity contribution in [2.24, 2.45) is 0 Å². The lowest BCUT2D eigenvalue weighted by molar-refractivity contribution is 1.05. The van der Waals surface area contributed by atoms with Crippen molar-refractivity contribution in [1.29, 1.82) is 0 Å². The summed E-state index contributed by atoms with van der Waals surface area (Å²) < 4.78 is 0. The van der Waals surface area contributed by atoms with Crippen LogP contribution in [0.3, 0.4) is 0 Å². The van der Waals surface area contributed by atoms with Crippen molar-refractivity contribution < 1.29 is 0 Å². The Morgan fingerprint density at radius 1 is 0.469 bits per heavy atom. The predicted molar refractivity (Wildman–Crippen MR) is 139 cm³/mol. The van der Waals surface area contributed by atoms with Gasteiger partial charge in [-0.2, -0.15) is 0 Å². The van der Waals surface area contributed by atoms with E-state index in [2.05, 4.69) is 111 Å². The van der Waals surface area contributed by atoms with E-state index in [9.17, 15) is 0 Å². The van der Waals surface area contributed by atoms with Gasteiger partial charge in [0.25, 0.3) is 0 Å². The molecular formula is C32H30. The third-order valence-corrected chi connectivity index (χ3v) is 6.77. The van der Waals surface area contributed by atoms with Gasteiger partial charge in [-0.15, -0.1) is 0 Å². The predicted octanol–water partition coefficient (Wildman–Crippen LogP) is 8.30. The van der Waals surface area contributed by atoms with Gasteiger partial charge in [0, 0.05) is 0 Å². The SMILES string of the molecule is CCc1ccc2cc3c(Cc4ccccc4)c(Cc4ccccc4)ccc3cc2c1CC. The van der Waals surface area contributed by atoms with Gasteiger partial charge in [0.15, 0.2) is 0 Å². The molecule has 0 heteroatoms. The summed E-state index contributed by atoms with van der Waals surface area (Å²) in [6.45, 7) is 4.54. The van der Waals surface area contributed by atoms with E-state index in [1.807, 2.05) is 0 Å². The van der Waals surface area contributed by atoms with Crippen LogP contribution in [0.1, 0.15) is 47.2 Å². The van der Waals surface area contributed by atoms with E-state index in [-0.39, 0.29) is 0 Å². The molecule has 0 N–H and O–H groups in total. The summed E-state index contributed by atoms with van der Waals surface area (Å²) in [4.78, 5) is 0. The van der Waals surface area contributed by atoms with E-state index in [1.165, 1.54) is 54.9 Å². The standard InChI is InChI=1S/C32H30/c1-3-25-15-16-27-22-32-28(21-31(27)29(25)4-2)18-17-26(19-23-11-7-5-8-12-23)30(32)20-24-13-9-6-10-14-24/h5-18,21-22H,3-4,19-20H2,1-2H3. The highest BCUT2D eigenvalue weighted by atomic mass is 14.2. The maximum Gasteiger partial charge on any atom is -0.00168 e. The Hall–Kier alpha value is -3.38. The largest absolute Gasteiger partial charge is 0.0622 e. The Balaban J connectivity index is 1.72. The molecule has 0 saturated carbocycles. The Morgan fingerprint density at radius 3 is 1.56 bits per heavy atom. The molecule has 5 aromatic rings. The van der Waals surface area contributed by atoms with Crippen molar-refractivity contribution in [1.82, 2.24) is 0 Å². The maximum absolute atomic E-state index is 2.44. The van der Waals surface area contributed by atoms with E-state index in [1.54, 1.807) is 0 Å². The first-order valence-corrected chi connectivity index (χ1v) is 11.8. The summed E-state index contributed by atoms with van der Waals surface area (Å²) in [5.74, 6) is 0. The van der Waals surface area contributed by atoms with Crippen LogP contribution in [0.5, 0.6) is 0 Å². The Bertz CT molecular complexity index is 1360. The smallest absolute Gasteiger partial charge is 0.00168 e. The molecule has 0 amide bonds. The number of benzene rings is 5. The normalized spacial score (nSPS) is 11.3. The fourth-order valence-corrected chi connectivity index (χ4v) is 5.10. The van der Waals surface area contributed by atoms with Crippen LogP contribution >= 0.6 is 0 Å². The molecule has 0 saturated heterocycles. The first-order chi connectivity index (χ1) is 15.8. The second kappa shape index (κ2) is 9.01. The van der Waals surface area contributed by atoms with Crippen molar-refractivity contribution in [2.75, 3.05) is 0 Å². The van der Waals surface area contributed by atoms with E-state index in [0.29, 0.717) is 0 Å². The number of fused-ring (bicyclic) bond motifs is 2. The van der Waals surface area contributed by atoms with Gasteiger partial charge in [0.1, 0.15) is 0 Å². The average Bonchev–Trinajstić information content (AvgIpc) is 2.85. The second-order valence-electron chi connectivity index (χ2n) is 8.73. The van der Waals surface area contributed by atoms with Crippen molar-refractivity contribution in [2.45, 2.75) is 39.5 Å². The van der Waals surface area contributed by atoms with Crippen molar-refractivity contribution in [3.8, 4) is 0 Å². The zero-order valence-electron chi connectivity index (χ0n) is 19.1. The van der Waals surface area contributed by atoms with E-state index < -0.39 is 0 Å². The molecule has 5 aromatic carbocycles. The highest BCUT2D eigenvalue weighted by Crippen LogP contribution is 2.33. The highest BCUT2D eigenvalue weighted by Gasteiger charge is 2.13. The molecule has 0 heterocycles. The third kappa shape index (κ3) is 3.94. The fourth-order valence-electron chi connectivity index (χ4n) is 5.10. The van der Waals surface area contributed by atoms with Crippen molar-refractivity contribution in [3.05, 3.63) is 130 Å². The molecule has 0 bridgehead atoms. The molecule has 0 atom stereocenters. The maximum atomic E-state index is 2.44. The fraction of sp³-hybridized carbons (Fsp3) is 0.188. The monoisotopic (exact) mass is 414 g/mol. The van der Waals surface area contributed by atoms with Crippen LogP contribution in [0.2, 0.25) is 0 Å². The first-order valence-electron chi connectivity index (χ1n) is 11.8. The van der Waals surface area contributed by atoms with Gasteiger partial charge in [-0.3, -0.25) is 0 Å². The number of rotatable bonds is 6. The van der Waals surface area contributed by atoms with Gasteiger partial charge in [0.2, 0.25) is 0 Å². The van der Waals surface area contributed by atoms with Gasteiger partial charge in [-0.05, 0) is 92.7 Å². The van der Waals surface area contributed by atoms with Crippen LogP contribution in [0, 0.1) is 0 Å². The van der Waals surface area contributed by atoms with E-state index in [0.717, 1.165) is 25.7 Å². The van der Waals surface area contributed by atoms with E-state index in [4.69, 9.17) is 0 Å². The summed E-state index contributed by atoms with van der Waals surface area (Å²) in [6, 6.07) is 35.9. The summed E-state index contributed by atoms with van der Waals surface area (Å²) in [5.41, 5.74) is 8.59. The van der Waals surface area contributed by atoms with Gasteiger partial charge < -0.3 is 0 Å². The van der Waals surface area contributed by atoms with Crippen LogP contribution in [-0.2, 0) is 25.7 Å². The Labute approximate surface area is 191 Å². The lowest BCUT2D eigenvalue weighted by Crippen LogP contribution is -2.00. The van der Waals surface area contributed by atoms with Gasteiger partial charge in [-0.25, -0.2) is 0 Å². The average molecular weight is 415 g/mol. The molecule has 0 aliphatic carbocycles. The Kier molecular flexibility index (Phi) is 5.77. The molecule has 158 valence electrons.